The van der Waals surface area contributed by atoms with Crippen molar-refractivity contribution in [2.45, 2.75) is 13.8 Å². The summed E-state index contributed by atoms with van der Waals surface area (Å²) >= 11 is 3.61. The van der Waals surface area contributed by atoms with Crippen LogP contribution in [0.3, 0.4) is 0 Å². The van der Waals surface area contributed by atoms with Crippen LogP contribution < -0.4 is 9.69 Å². The third-order valence-electron chi connectivity index (χ3n) is 5.07. The monoisotopic (exact) mass is 486 g/mol. The maximum atomic E-state index is 13.5. The molecule has 0 N–H and O–H groups in total. The van der Waals surface area contributed by atoms with E-state index in [0.29, 0.717) is 21.4 Å². The molecule has 2 heterocycles. The molecule has 2 aromatic carbocycles. The minimum absolute atomic E-state index is 0.0244. The Labute approximate surface area is 195 Å². The molecule has 0 spiro atoms. The zero-order valence-electron chi connectivity index (χ0n) is 17.7. The van der Waals surface area contributed by atoms with Gasteiger partial charge in [-0.05, 0) is 53.5 Å². The van der Waals surface area contributed by atoms with Crippen LogP contribution in [0.4, 0.5) is 5.82 Å². The average molecular weight is 487 g/mol. The molecule has 0 fully saturated rings. The highest BCUT2D eigenvalue weighted by molar-refractivity contribution is 9.10. The number of carbonyl (C=O) groups excluding carboxylic acids is 2. The number of halogens is 1. The number of rotatable bonds is 5. The van der Waals surface area contributed by atoms with Crippen LogP contribution in [0.5, 0.6) is 0 Å². The molecule has 4 rings (SSSR count). The number of aryl methyl sites for hydroxylation is 1. The fraction of sp³-hybridized carbons (Fsp3) is 0.0769. The summed E-state index contributed by atoms with van der Waals surface area (Å²) in [5, 5.41) is 1.53. The zero-order valence-corrected chi connectivity index (χ0v) is 19.3. The number of Topliss-reactive ketones (excluding diaryl/α,β-unsaturated/α-hetero) is 1. The standard InChI is InChI=1S/C26H21BrN3O2/c1-18-6-8-22(9-7-18)26(32)30(29-14-4-3-5-15-29)25-24(27)16-23(17-28-25)21-12-10-20(11-13-21)19(2)31/h3-17H,1-2H3/q+1. The molecule has 2 aromatic heterocycles. The Morgan fingerprint density at radius 1 is 0.875 bits per heavy atom. The van der Waals surface area contributed by atoms with Gasteiger partial charge in [-0.3, -0.25) is 9.59 Å². The molecule has 4 aromatic rings. The lowest BCUT2D eigenvalue weighted by Crippen LogP contribution is -2.57. The lowest BCUT2D eigenvalue weighted by molar-refractivity contribution is -0.674. The van der Waals surface area contributed by atoms with Crippen LogP contribution in [-0.2, 0) is 0 Å². The van der Waals surface area contributed by atoms with Gasteiger partial charge in [0.15, 0.2) is 5.78 Å². The Morgan fingerprint density at radius 3 is 2.09 bits per heavy atom. The van der Waals surface area contributed by atoms with Crippen LogP contribution in [-0.4, -0.2) is 16.7 Å². The summed E-state index contributed by atoms with van der Waals surface area (Å²) in [5.74, 6) is 0.292. The predicted molar refractivity (Wildman–Crippen MR) is 127 cm³/mol. The molecule has 0 radical (unpaired) electrons. The van der Waals surface area contributed by atoms with Crippen molar-refractivity contribution in [2.24, 2.45) is 0 Å². The van der Waals surface area contributed by atoms with E-state index in [9.17, 15) is 9.59 Å². The number of nitrogens with zero attached hydrogens (tertiary/aromatic N) is 3. The van der Waals surface area contributed by atoms with Gasteiger partial charge in [0.1, 0.15) is 0 Å². The normalized spacial score (nSPS) is 10.6. The summed E-state index contributed by atoms with van der Waals surface area (Å²) in [5.41, 5.74) is 4.10. The van der Waals surface area contributed by atoms with Crippen LogP contribution in [0.1, 0.15) is 33.2 Å². The van der Waals surface area contributed by atoms with Gasteiger partial charge < -0.3 is 0 Å². The number of anilines is 1. The van der Waals surface area contributed by atoms with Crippen LogP contribution in [0.25, 0.3) is 11.1 Å². The topological polar surface area (TPSA) is 54.2 Å². The van der Waals surface area contributed by atoms with Gasteiger partial charge in [-0.25, -0.2) is 4.98 Å². The Bertz CT molecular complexity index is 1270. The van der Waals surface area contributed by atoms with Crippen LogP contribution in [0.15, 0.2) is 95.9 Å². The lowest BCUT2D eigenvalue weighted by Gasteiger charge is -2.17. The molecule has 0 aliphatic carbocycles. The molecule has 0 atom stereocenters. The van der Waals surface area contributed by atoms with E-state index in [1.54, 1.807) is 42.3 Å². The zero-order chi connectivity index (χ0) is 22.7. The predicted octanol–water partition coefficient (Wildman–Crippen LogP) is 5.42. The van der Waals surface area contributed by atoms with Crippen molar-refractivity contribution in [3.63, 3.8) is 0 Å². The van der Waals surface area contributed by atoms with Gasteiger partial charge in [0.05, 0.1) is 4.47 Å². The molecule has 5 nitrogen and oxygen atoms in total. The first-order valence-electron chi connectivity index (χ1n) is 10.1. The minimum Gasteiger partial charge on any atom is -0.295 e. The third kappa shape index (κ3) is 4.50. The fourth-order valence-electron chi connectivity index (χ4n) is 3.29. The van der Waals surface area contributed by atoms with E-state index in [2.05, 4.69) is 20.9 Å². The highest BCUT2D eigenvalue weighted by Gasteiger charge is 2.29. The Balaban J connectivity index is 1.75. The first-order chi connectivity index (χ1) is 15.4. The maximum Gasteiger partial charge on any atom is 0.316 e. The quantitative estimate of drug-likeness (QED) is 0.279. The average Bonchev–Trinajstić information content (AvgIpc) is 2.81. The molecular formula is C26H21BrN3O2+. The molecule has 0 saturated heterocycles. The number of amides is 1. The molecular weight excluding hydrogens is 466 g/mol. The largest absolute Gasteiger partial charge is 0.316 e. The summed E-state index contributed by atoms with van der Waals surface area (Å²) < 4.78 is 2.37. The summed E-state index contributed by atoms with van der Waals surface area (Å²) in [6.45, 7) is 3.53. The van der Waals surface area contributed by atoms with Crippen LogP contribution in [0, 0.1) is 6.92 Å². The SMILES string of the molecule is CC(=O)c1ccc(-c2cnc(N(C(=O)c3ccc(C)cc3)[n+]3ccccc3)c(Br)c2)cc1. The number of carbonyl (C=O) groups is 2. The van der Waals surface area contributed by atoms with Gasteiger partial charge in [-0.1, -0.05) is 57.7 Å². The number of hydrogen-bond donors (Lipinski definition) is 0. The van der Waals surface area contributed by atoms with Gasteiger partial charge in [0.2, 0.25) is 18.2 Å². The van der Waals surface area contributed by atoms with E-state index in [-0.39, 0.29) is 11.7 Å². The van der Waals surface area contributed by atoms with E-state index in [1.165, 1.54) is 5.01 Å². The summed E-state index contributed by atoms with van der Waals surface area (Å²) in [6.07, 6.45) is 5.32. The van der Waals surface area contributed by atoms with E-state index in [0.717, 1.165) is 16.7 Å². The third-order valence-corrected chi connectivity index (χ3v) is 5.65. The molecule has 0 aliphatic heterocycles. The second kappa shape index (κ2) is 9.24. The highest BCUT2D eigenvalue weighted by Crippen LogP contribution is 2.29. The molecule has 6 heteroatoms. The van der Waals surface area contributed by atoms with Crippen LogP contribution >= 0.6 is 15.9 Å². The number of hydrogen-bond acceptors (Lipinski definition) is 3. The maximum absolute atomic E-state index is 13.5. The van der Waals surface area contributed by atoms with Crippen molar-refractivity contribution in [3.8, 4) is 11.1 Å². The van der Waals surface area contributed by atoms with Crippen molar-refractivity contribution in [2.75, 3.05) is 5.01 Å². The lowest BCUT2D eigenvalue weighted by atomic mass is 10.0. The van der Waals surface area contributed by atoms with Crippen LogP contribution in [0.2, 0.25) is 0 Å². The second-order valence-electron chi connectivity index (χ2n) is 7.40. The second-order valence-corrected chi connectivity index (χ2v) is 8.26. The number of ketones is 1. The molecule has 158 valence electrons. The van der Waals surface area contributed by atoms with Gasteiger partial charge in [-0.2, -0.15) is 0 Å². The smallest absolute Gasteiger partial charge is 0.295 e. The van der Waals surface area contributed by atoms with E-state index in [1.807, 2.05) is 67.6 Å². The highest BCUT2D eigenvalue weighted by atomic mass is 79.9. The van der Waals surface area contributed by atoms with Gasteiger partial charge in [0.25, 0.3) is 0 Å². The number of aromatic nitrogens is 2. The Kier molecular flexibility index (Phi) is 6.23. The van der Waals surface area contributed by atoms with Crippen molar-refractivity contribution in [1.82, 2.24) is 4.98 Å². The summed E-state index contributed by atoms with van der Waals surface area (Å²) in [7, 11) is 0. The van der Waals surface area contributed by atoms with Gasteiger partial charge in [-0.15, -0.1) is 0 Å². The van der Waals surface area contributed by atoms with E-state index < -0.39 is 0 Å². The number of benzene rings is 2. The fourth-order valence-corrected chi connectivity index (χ4v) is 3.81. The molecule has 32 heavy (non-hydrogen) atoms. The first-order valence-corrected chi connectivity index (χ1v) is 10.9. The summed E-state index contributed by atoms with van der Waals surface area (Å²) in [4.78, 5) is 29.6. The van der Waals surface area contributed by atoms with E-state index in [4.69, 9.17) is 0 Å². The molecule has 0 saturated carbocycles. The summed E-state index contributed by atoms with van der Waals surface area (Å²) in [6, 6.07) is 22.4. The van der Waals surface area contributed by atoms with Crippen molar-refractivity contribution in [3.05, 3.63) is 113 Å². The molecule has 0 unspecified atom stereocenters. The van der Waals surface area contributed by atoms with Gasteiger partial charge >= 0.3 is 5.91 Å². The minimum atomic E-state index is -0.201. The van der Waals surface area contributed by atoms with Crippen molar-refractivity contribution >= 4 is 33.4 Å². The number of pyridine rings is 2. The van der Waals surface area contributed by atoms with E-state index >= 15 is 0 Å². The van der Waals surface area contributed by atoms with Crippen molar-refractivity contribution < 1.29 is 14.3 Å². The molecule has 1 amide bonds. The van der Waals surface area contributed by atoms with Crippen molar-refractivity contribution in [1.29, 1.82) is 0 Å². The van der Waals surface area contributed by atoms with Gasteiger partial charge in [0, 0.05) is 35.0 Å². The molecule has 0 bridgehead atoms. The molecule has 0 aliphatic rings. The Morgan fingerprint density at radius 2 is 1.50 bits per heavy atom. The Hall–Kier alpha value is -3.64. The first kappa shape index (κ1) is 21.6.